The number of allylic oxidation sites excluding steroid dienone is 3. The first-order chi connectivity index (χ1) is 4.72. The number of hydrogen-bond donors (Lipinski definition) is 2. The monoisotopic (exact) mass is 140 g/mol. The SMILES string of the molecule is C\C=C/C=C(C)/C(N)=N/O. The van der Waals surface area contributed by atoms with Gasteiger partial charge in [-0.05, 0) is 19.4 Å². The summed E-state index contributed by atoms with van der Waals surface area (Å²) in [5.74, 6) is 0.151. The summed E-state index contributed by atoms with van der Waals surface area (Å²) in [5.41, 5.74) is 6.01. The summed E-state index contributed by atoms with van der Waals surface area (Å²) < 4.78 is 0. The Morgan fingerprint density at radius 3 is 2.60 bits per heavy atom. The van der Waals surface area contributed by atoms with Crippen LogP contribution < -0.4 is 5.73 Å². The molecule has 0 fully saturated rings. The fourth-order valence-corrected chi connectivity index (χ4v) is 0.405. The van der Waals surface area contributed by atoms with Gasteiger partial charge in [-0.3, -0.25) is 0 Å². The average molecular weight is 140 g/mol. The van der Waals surface area contributed by atoms with Gasteiger partial charge in [-0.15, -0.1) is 0 Å². The first kappa shape index (κ1) is 8.75. The van der Waals surface area contributed by atoms with Gasteiger partial charge in [0.15, 0.2) is 5.84 Å². The maximum atomic E-state index is 8.20. The number of rotatable bonds is 2. The minimum absolute atomic E-state index is 0.151. The molecule has 0 aliphatic heterocycles. The van der Waals surface area contributed by atoms with Crippen molar-refractivity contribution in [2.75, 3.05) is 0 Å². The molecule has 0 bridgehead atoms. The van der Waals surface area contributed by atoms with Crippen LogP contribution in [0.25, 0.3) is 0 Å². The topological polar surface area (TPSA) is 58.6 Å². The zero-order valence-corrected chi connectivity index (χ0v) is 6.20. The lowest BCUT2D eigenvalue weighted by atomic mass is 10.2. The molecule has 0 aliphatic carbocycles. The van der Waals surface area contributed by atoms with Crippen LogP contribution in [0.2, 0.25) is 0 Å². The average Bonchev–Trinajstić information content (AvgIpc) is 1.98. The van der Waals surface area contributed by atoms with Crippen LogP contribution in [-0.4, -0.2) is 11.0 Å². The molecule has 0 saturated carbocycles. The van der Waals surface area contributed by atoms with E-state index in [-0.39, 0.29) is 5.84 Å². The molecular weight excluding hydrogens is 128 g/mol. The van der Waals surface area contributed by atoms with Gasteiger partial charge in [0.25, 0.3) is 0 Å². The van der Waals surface area contributed by atoms with Crippen LogP contribution in [0.4, 0.5) is 0 Å². The molecular formula is C7H12N2O. The summed E-state index contributed by atoms with van der Waals surface area (Å²) in [7, 11) is 0. The van der Waals surface area contributed by atoms with Gasteiger partial charge in [0.1, 0.15) is 0 Å². The summed E-state index contributed by atoms with van der Waals surface area (Å²) in [6.45, 7) is 3.67. The maximum Gasteiger partial charge on any atom is 0.165 e. The standard InChI is InChI=1S/C7H12N2O/c1-3-4-5-6(2)7(8)9-10/h3-5,10H,1-2H3,(H2,8,9)/b4-3-,6-5+. The highest BCUT2D eigenvalue weighted by Crippen LogP contribution is 1.91. The summed E-state index contributed by atoms with van der Waals surface area (Å²) in [6, 6.07) is 0. The zero-order valence-electron chi connectivity index (χ0n) is 6.20. The summed E-state index contributed by atoms with van der Waals surface area (Å²) in [6.07, 6.45) is 5.47. The molecule has 3 N–H and O–H groups in total. The molecule has 10 heavy (non-hydrogen) atoms. The predicted molar refractivity (Wildman–Crippen MR) is 42.0 cm³/mol. The Bertz CT molecular complexity index is 180. The molecule has 0 saturated heterocycles. The van der Waals surface area contributed by atoms with Crippen molar-refractivity contribution in [3.8, 4) is 0 Å². The minimum atomic E-state index is 0.151. The molecule has 0 aromatic carbocycles. The summed E-state index contributed by atoms with van der Waals surface area (Å²) in [5, 5.41) is 11.0. The van der Waals surface area contributed by atoms with Gasteiger partial charge in [0.2, 0.25) is 0 Å². The molecule has 0 unspecified atom stereocenters. The van der Waals surface area contributed by atoms with E-state index in [2.05, 4.69) is 5.16 Å². The molecule has 0 rings (SSSR count). The van der Waals surface area contributed by atoms with Crippen molar-refractivity contribution in [1.29, 1.82) is 0 Å². The molecule has 0 heterocycles. The van der Waals surface area contributed by atoms with Crippen LogP contribution in [0.15, 0.2) is 29.0 Å². The molecule has 3 nitrogen and oxygen atoms in total. The van der Waals surface area contributed by atoms with Gasteiger partial charge in [0, 0.05) is 0 Å². The van der Waals surface area contributed by atoms with Crippen LogP contribution in [0.5, 0.6) is 0 Å². The second kappa shape index (κ2) is 4.61. The molecule has 0 radical (unpaired) electrons. The quantitative estimate of drug-likeness (QED) is 0.199. The Hall–Kier alpha value is -1.25. The van der Waals surface area contributed by atoms with Gasteiger partial charge in [0.05, 0.1) is 0 Å². The van der Waals surface area contributed by atoms with Gasteiger partial charge >= 0.3 is 0 Å². The van der Waals surface area contributed by atoms with Crippen molar-refractivity contribution in [1.82, 2.24) is 0 Å². The first-order valence-electron chi connectivity index (χ1n) is 2.99. The smallest absolute Gasteiger partial charge is 0.165 e. The summed E-state index contributed by atoms with van der Waals surface area (Å²) in [4.78, 5) is 0. The molecule has 56 valence electrons. The van der Waals surface area contributed by atoms with Crippen LogP contribution in [0.3, 0.4) is 0 Å². The second-order valence-electron chi connectivity index (χ2n) is 1.86. The Morgan fingerprint density at radius 1 is 1.60 bits per heavy atom. The van der Waals surface area contributed by atoms with Gasteiger partial charge in [-0.1, -0.05) is 23.4 Å². The molecule has 0 aromatic rings. The first-order valence-corrected chi connectivity index (χ1v) is 2.99. The predicted octanol–water partition coefficient (Wildman–Crippen LogP) is 1.26. The second-order valence-corrected chi connectivity index (χ2v) is 1.86. The van der Waals surface area contributed by atoms with Gasteiger partial charge in [-0.2, -0.15) is 0 Å². The Morgan fingerprint density at radius 2 is 2.20 bits per heavy atom. The van der Waals surface area contributed by atoms with Crippen LogP contribution in [0.1, 0.15) is 13.8 Å². The van der Waals surface area contributed by atoms with E-state index < -0.39 is 0 Å². The Labute approximate surface area is 60.5 Å². The lowest BCUT2D eigenvalue weighted by molar-refractivity contribution is 0.318. The van der Waals surface area contributed by atoms with E-state index in [0.717, 1.165) is 5.57 Å². The van der Waals surface area contributed by atoms with Crippen molar-refractivity contribution in [3.05, 3.63) is 23.8 Å². The van der Waals surface area contributed by atoms with Crippen LogP contribution >= 0.6 is 0 Å². The third-order valence-electron chi connectivity index (χ3n) is 1.05. The molecule has 0 atom stereocenters. The largest absolute Gasteiger partial charge is 0.409 e. The number of nitrogens with two attached hydrogens (primary N) is 1. The van der Waals surface area contributed by atoms with E-state index >= 15 is 0 Å². The fourth-order valence-electron chi connectivity index (χ4n) is 0.405. The Balaban J connectivity index is 4.19. The maximum absolute atomic E-state index is 8.20. The van der Waals surface area contributed by atoms with Gasteiger partial charge < -0.3 is 10.9 Å². The normalized spacial score (nSPS) is 14.6. The van der Waals surface area contributed by atoms with Crippen molar-refractivity contribution in [2.45, 2.75) is 13.8 Å². The molecule has 0 spiro atoms. The van der Waals surface area contributed by atoms with E-state index in [1.807, 2.05) is 19.1 Å². The van der Waals surface area contributed by atoms with Crippen molar-refractivity contribution in [2.24, 2.45) is 10.9 Å². The van der Waals surface area contributed by atoms with E-state index in [0.29, 0.717) is 0 Å². The van der Waals surface area contributed by atoms with Crippen molar-refractivity contribution >= 4 is 5.84 Å². The highest BCUT2D eigenvalue weighted by molar-refractivity contribution is 5.96. The number of oxime groups is 1. The lowest BCUT2D eigenvalue weighted by Crippen LogP contribution is -2.12. The van der Waals surface area contributed by atoms with Gasteiger partial charge in [-0.25, -0.2) is 0 Å². The highest BCUT2D eigenvalue weighted by atomic mass is 16.4. The summed E-state index contributed by atoms with van der Waals surface area (Å²) >= 11 is 0. The fraction of sp³-hybridized carbons (Fsp3) is 0.286. The Kier molecular flexibility index (Phi) is 4.04. The van der Waals surface area contributed by atoms with Crippen molar-refractivity contribution < 1.29 is 5.21 Å². The number of nitrogens with zero attached hydrogens (tertiary/aromatic N) is 1. The van der Waals surface area contributed by atoms with E-state index in [1.54, 1.807) is 13.0 Å². The lowest BCUT2D eigenvalue weighted by Gasteiger charge is -1.93. The third kappa shape index (κ3) is 2.91. The molecule has 0 amide bonds. The van der Waals surface area contributed by atoms with E-state index in [4.69, 9.17) is 10.9 Å². The highest BCUT2D eigenvalue weighted by Gasteiger charge is 1.91. The third-order valence-corrected chi connectivity index (χ3v) is 1.05. The number of hydrogen-bond acceptors (Lipinski definition) is 2. The zero-order chi connectivity index (χ0) is 7.98. The molecule has 3 heteroatoms. The molecule has 0 aliphatic rings. The van der Waals surface area contributed by atoms with Crippen molar-refractivity contribution in [3.63, 3.8) is 0 Å². The minimum Gasteiger partial charge on any atom is -0.409 e. The van der Waals surface area contributed by atoms with E-state index in [1.165, 1.54) is 0 Å². The number of amidine groups is 1. The van der Waals surface area contributed by atoms with E-state index in [9.17, 15) is 0 Å². The molecule has 0 aromatic heterocycles. The van der Waals surface area contributed by atoms with Crippen LogP contribution in [0, 0.1) is 0 Å². The van der Waals surface area contributed by atoms with Crippen LogP contribution in [-0.2, 0) is 0 Å².